The van der Waals surface area contributed by atoms with E-state index in [4.69, 9.17) is 0 Å². The lowest BCUT2D eigenvalue weighted by atomic mass is 10.1. The van der Waals surface area contributed by atoms with Gasteiger partial charge in [0.05, 0.1) is 0 Å². The molecule has 2 aromatic carbocycles. The van der Waals surface area contributed by atoms with Gasteiger partial charge in [0.1, 0.15) is 5.70 Å². The van der Waals surface area contributed by atoms with E-state index in [1.54, 1.807) is 18.2 Å². The molecule has 3 rings (SSSR count). The van der Waals surface area contributed by atoms with Crippen molar-refractivity contribution in [2.24, 2.45) is 0 Å². The van der Waals surface area contributed by atoms with Crippen LogP contribution in [0, 0.1) is 13.8 Å². The highest BCUT2D eigenvalue weighted by Gasteiger charge is 2.15. The molecule has 1 aromatic heterocycles. The number of anilines is 1. The van der Waals surface area contributed by atoms with E-state index in [9.17, 15) is 9.59 Å². The first-order valence-corrected chi connectivity index (χ1v) is 9.40. The van der Waals surface area contributed by atoms with Crippen molar-refractivity contribution in [3.63, 3.8) is 0 Å². The second-order valence-electron chi connectivity index (χ2n) is 6.22. The van der Waals surface area contributed by atoms with Gasteiger partial charge in [0.15, 0.2) is 0 Å². The molecule has 0 unspecified atom stereocenters. The van der Waals surface area contributed by atoms with Gasteiger partial charge < -0.3 is 10.6 Å². The predicted molar refractivity (Wildman–Crippen MR) is 111 cm³/mol. The third kappa shape index (κ3) is 5.15. The fourth-order valence-electron chi connectivity index (χ4n) is 2.49. The van der Waals surface area contributed by atoms with Crippen molar-refractivity contribution >= 4 is 34.9 Å². The first-order valence-electron chi connectivity index (χ1n) is 8.52. The zero-order valence-electron chi connectivity index (χ0n) is 15.2. The number of hydrogen-bond donors (Lipinski definition) is 2. The largest absolute Gasteiger partial charge is 0.321 e. The van der Waals surface area contributed by atoms with Crippen LogP contribution >= 0.6 is 11.3 Å². The Morgan fingerprint density at radius 1 is 0.926 bits per heavy atom. The van der Waals surface area contributed by atoms with Gasteiger partial charge in [0, 0.05) is 16.1 Å². The second-order valence-corrected chi connectivity index (χ2v) is 7.20. The molecule has 0 aliphatic rings. The maximum absolute atomic E-state index is 12.8. The van der Waals surface area contributed by atoms with E-state index < -0.39 is 0 Å². The molecule has 27 heavy (non-hydrogen) atoms. The highest BCUT2D eigenvalue weighted by Crippen LogP contribution is 2.16. The summed E-state index contributed by atoms with van der Waals surface area (Å²) in [5.41, 5.74) is 3.49. The predicted octanol–water partition coefficient (Wildman–Crippen LogP) is 4.77. The molecule has 5 heteroatoms. The molecule has 136 valence electrons. The average Bonchev–Trinajstić information content (AvgIpc) is 3.15. The van der Waals surface area contributed by atoms with Crippen LogP contribution < -0.4 is 10.6 Å². The molecule has 0 radical (unpaired) electrons. The molecule has 0 atom stereocenters. The Morgan fingerprint density at radius 2 is 1.70 bits per heavy atom. The molecular formula is C22H20N2O2S. The Balaban J connectivity index is 1.83. The van der Waals surface area contributed by atoms with E-state index in [1.807, 2.05) is 67.8 Å². The molecule has 2 N–H and O–H groups in total. The molecule has 0 saturated heterocycles. The maximum Gasteiger partial charge on any atom is 0.272 e. The Morgan fingerprint density at radius 3 is 2.37 bits per heavy atom. The molecular weight excluding hydrogens is 356 g/mol. The van der Waals surface area contributed by atoms with Crippen molar-refractivity contribution in [1.82, 2.24) is 5.32 Å². The lowest BCUT2D eigenvalue weighted by Crippen LogP contribution is -2.30. The Hall–Kier alpha value is -3.18. The van der Waals surface area contributed by atoms with Crippen LogP contribution in [-0.2, 0) is 4.79 Å². The number of amides is 2. The van der Waals surface area contributed by atoms with Crippen molar-refractivity contribution in [2.75, 3.05) is 5.32 Å². The third-order valence-corrected chi connectivity index (χ3v) is 4.73. The molecule has 0 spiro atoms. The Kier molecular flexibility index (Phi) is 5.84. The number of benzene rings is 2. The number of carbonyl (C=O) groups excluding carboxylic acids is 2. The van der Waals surface area contributed by atoms with E-state index in [1.165, 1.54) is 11.3 Å². The second kappa shape index (κ2) is 8.47. The molecule has 2 amide bonds. The number of aryl methyl sites for hydroxylation is 2. The molecule has 0 bridgehead atoms. The molecule has 1 heterocycles. The van der Waals surface area contributed by atoms with Crippen molar-refractivity contribution in [1.29, 1.82) is 0 Å². The van der Waals surface area contributed by atoms with Crippen LogP contribution in [0.3, 0.4) is 0 Å². The third-order valence-electron chi connectivity index (χ3n) is 3.91. The van der Waals surface area contributed by atoms with Crippen LogP contribution in [0.1, 0.15) is 26.4 Å². The minimum atomic E-state index is -0.366. The van der Waals surface area contributed by atoms with Gasteiger partial charge in [-0.05, 0) is 61.2 Å². The quantitative estimate of drug-likeness (QED) is 0.630. The van der Waals surface area contributed by atoms with Gasteiger partial charge in [-0.1, -0.05) is 35.9 Å². The Bertz CT molecular complexity index is 974. The summed E-state index contributed by atoms with van der Waals surface area (Å²) in [4.78, 5) is 26.2. The van der Waals surface area contributed by atoms with Crippen molar-refractivity contribution < 1.29 is 9.59 Å². The van der Waals surface area contributed by atoms with Gasteiger partial charge in [-0.15, -0.1) is 11.3 Å². The van der Waals surface area contributed by atoms with Gasteiger partial charge >= 0.3 is 0 Å². The number of carbonyl (C=O) groups is 2. The zero-order valence-corrected chi connectivity index (χ0v) is 16.0. The monoisotopic (exact) mass is 376 g/mol. The first-order chi connectivity index (χ1) is 13.0. The van der Waals surface area contributed by atoms with E-state index in [-0.39, 0.29) is 17.5 Å². The van der Waals surface area contributed by atoms with Crippen LogP contribution in [0.5, 0.6) is 0 Å². The maximum atomic E-state index is 12.8. The highest BCUT2D eigenvalue weighted by atomic mass is 32.1. The zero-order chi connectivity index (χ0) is 19.2. The van der Waals surface area contributed by atoms with Crippen molar-refractivity contribution in [3.05, 3.63) is 93.3 Å². The molecule has 4 nitrogen and oxygen atoms in total. The number of nitrogens with one attached hydrogen (secondary N) is 2. The molecule has 0 aliphatic carbocycles. The first kappa shape index (κ1) is 18.6. The fraction of sp³-hybridized carbons (Fsp3) is 0.0909. The van der Waals surface area contributed by atoms with E-state index in [0.717, 1.165) is 16.0 Å². The minimum absolute atomic E-state index is 0.199. The summed E-state index contributed by atoms with van der Waals surface area (Å²) in [6.07, 6.45) is 1.68. The van der Waals surface area contributed by atoms with E-state index in [2.05, 4.69) is 10.6 Å². The van der Waals surface area contributed by atoms with Crippen molar-refractivity contribution in [3.8, 4) is 0 Å². The number of rotatable bonds is 5. The summed E-state index contributed by atoms with van der Waals surface area (Å²) in [6, 6.07) is 18.5. The van der Waals surface area contributed by atoms with Crippen molar-refractivity contribution in [2.45, 2.75) is 13.8 Å². The standard InChI is InChI=1S/C22H20N2O2S/c1-15-8-10-17(11-9-15)21(25)24-20(14-19-7-4-12-27-19)22(26)23-18-6-3-5-16(2)13-18/h3-14H,1-2H3,(H,23,26)(H,24,25)/b20-14+. The molecule has 0 saturated carbocycles. The summed E-state index contributed by atoms with van der Waals surface area (Å²) in [6.45, 7) is 3.91. The number of thiophene rings is 1. The van der Waals surface area contributed by atoms with Crippen LogP contribution in [0.2, 0.25) is 0 Å². The van der Waals surface area contributed by atoms with E-state index >= 15 is 0 Å². The summed E-state index contributed by atoms with van der Waals surface area (Å²) in [7, 11) is 0. The summed E-state index contributed by atoms with van der Waals surface area (Å²) in [5, 5.41) is 7.51. The topological polar surface area (TPSA) is 58.2 Å². The van der Waals surface area contributed by atoms with Gasteiger partial charge in [-0.2, -0.15) is 0 Å². The fourth-order valence-corrected chi connectivity index (χ4v) is 3.15. The molecule has 0 aliphatic heterocycles. The normalized spacial score (nSPS) is 11.1. The highest BCUT2D eigenvalue weighted by molar-refractivity contribution is 7.10. The smallest absolute Gasteiger partial charge is 0.272 e. The van der Waals surface area contributed by atoms with Gasteiger partial charge in [-0.25, -0.2) is 0 Å². The average molecular weight is 376 g/mol. The summed E-state index contributed by atoms with van der Waals surface area (Å²) in [5.74, 6) is -0.688. The SMILES string of the molecule is Cc1ccc(C(=O)N/C(=C/c2cccs2)C(=O)Nc2cccc(C)c2)cc1. The van der Waals surface area contributed by atoms with Crippen LogP contribution in [0.4, 0.5) is 5.69 Å². The van der Waals surface area contributed by atoms with E-state index in [0.29, 0.717) is 11.3 Å². The summed E-state index contributed by atoms with van der Waals surface area (Å²) >= 11 is 1.49. The van der Waals surface area contributed by atoms with Crippen LogP contribution in [0.25, 0.3) is 6.08 Å². The minimum Gasteiger partial charge on any atom is -0.321 e. The van der Waals surface area contributed by atoms with Gasteiger partial charge in [0.2, 0.25) is 0 Å². The molecule has 0 fully saturated rings. The molecule has 3 aromatic rings. The summed E-state index contributed by atoms with van der Waals surface area (Å²) < 4.78 is 0. The van der Waals surface area contributed by atoms with Crippen LogP contribution in [-0.4, -0.2) is 11.8 Å². The van der Waals surface area contributed by atoms with Gasteiger partial charge in [-0.3, -0.25) is 9.59 Å². The Labute approximate surface area is 162 Å². The van der Waals surface area contributed by atoms with Crippen LogP contribution in [0.15, 0.2) is 71.7 Å². The number of hydrogen-bond acceptors (Lipinski definition) is 3. The lowest BCUT2D eigenvalue weighted by Gasteiger charge is -2.11. The lowest BCUT2D eigenvalue weighted by molar-refractivity contribution is -0.113. The van der Waals surface area contributed by atoms with Gasteiger partial charge in [0.25, 0.3) is 11.8 Å².